The largest absolute Gasteiger partial charge is 0.489 e. The molecule has 5 rings (SSSR count). The molecule has 1 aliphatic carbocycles. The van der Waals surface area contributed by atoms with Gasteiger partial charge in [0.25, 0.3) is 0 Å². The summed E-state index contributed by atoms with van der Waals surface area (Å²) in [6, 6.07) is 24.8. The molecule has 7 heteroatoms. The summed E-state index contributed by atoms with van der Waals surface area (Å²) in [5, 5.41) is 4.69. The maximum atomic E-state index is 12.8. The number of aromatic nitrogens is 2. The van der Waals surface area contributed by atoms with Gasteiger partial charge in [0, 0.05) is 11.8 Å². The van der Waals surface area contributed by atoms with Crippen LogP contribution in [0.3, 0.4) is 0 Å². The molecule has 1 aromatic heterocycles. The summed E-state index contributed by atoms with van der Waals surface area (Å²) in [7, 11) is 0. The molecule has 0 radical (unpaired) electrons. The highest BCUT2D eigenvalue weighted by atomic mass is 19.3. The minimum absolute atomic E-state index is 0.0536. The molecule has 0 aliphatic heterocycles. The Morgan fingerprint density at radius 1 is 0.857 bits per heavy atom. The highest BCUT2D eigenvalue weighted by Gasteiger charge is 2.23. The van der Waals surface area contributed by atoms with Crippen molar-refractivity contribution in [3.8, 4) is 28.5 Å². The van der Waals surface area contributed by atoms with E-state index in [1.165, 1.54) is 6.07 Å². The Morgan fingerprint density at radius 2 is 1.71 bits per heavy atom. The van der Waals surface area contributed by atoms with E-state index in [0.29, 0.717) is 31.4 Å². The van der Waals surface area contributed by atoms with Crippen molar-refractivity contribution in [2.24, 2.45) is 5.92 Å². The highest BCUT2D eigenvalue weighted by molar-refractivity contribution is 5.60. The zero-order valence-electron chi connectivity index (χ0n) is 19.1. The fraction of sp³-hybridized carbons (Fsp3) is 0.250. The Hall–Kier alpha value is -3.87. The lowest BCUT2D eigenvalue weighted by Gasteiger charge is -2.13. The number of halogens is 2. The number of benzene rings is 3. The second-order valence-electron chi connectivity index (χ2n) is 8.61. The van der Waals surface area contributed by atoms with Crippen molar-refractivity contribution >= 4 is 0 Å². The summed E-state index contributed by atoms with van der Waals surface area (Å²) in [6.07, 6.45) is 4.11. The Labute approximate surface area is 202 Å². The molecule has 1 fully saturated rings. The van der Waals surface area contributed by atoms with Crippen LogP contribution < -0.4 is 14.2 Å². The first kappa shape index (κ1) is 22.9. The third-order valence-corrected chi connectivity index (χ3v) is 5.76. The van der Waals surface area contributed by atoms with Crippen molar-refractivity contribution in [3.63, 3.8) is 0 Å². The van der Waals surface area contributed by atoms with E-state index < -0.39 is 6.61 Å². The van der Waals surface area contributed by atoms with Crippen molar-refractivity contribution in [2.75, 3.05) is 6.61 Å². The van der Waals surface area contributed by atoms with Crippen molar-refractivity contribution in [2.45, 2.75) is 32.6 Å². The van der Waals surface area contributed by atoms with E-state index in [4.69, 9.17) is 9.47 Å². The predicted molar refractivity (Wildman–Crippen MR) is 129 cm³/mol. The van der Waals surface area contributed by atoms with Crippen molar-refractivity contribution in [1.29, 1.82) is 0 Å². The van der Waals surface area contributed by atoms with Gasteiger partial charge in [0.05, 0.1) is 18.8 Å². The monoisotopic (exact) mass is 476 g/mol. The fourth-order valence-electron chi connectivity index (χ4n) is 3.73. The van der Waals surface area contributed by atoms with Crippen LogP contribution in [0, 0.1) is 5.92 Å². The molecular weight excluding hydrogens is 450 g/mol. The van der Waals surface area contributed by atoms with Gasteiger partial charge in [-0.25, -0.2) is 0 Å². The number of hydrogen-bond acceptors (Lipinski definition) is 4. The second-order valence-corrected chi connectivity index (χ2v) is 8.61. The van der Waals surface area contributed by atoms with Crippen molar-refractivity contribution in [1.82, 2.24) is 9.78 Å². The standard InChI is InChI=1S/C28H26F2N2O3/c29-28(30)35-26-12-11-22(15-27(26)34-19-21-9-10-21)17-32-14-13-25(31-32)23-7-4-8-24(16-23)33-18-20-5-2-1-3-6-20/h1-8,11-16,21,28H,9-10,17-19H2. The first-order valence-corrected chi connectivity index (χ1v) is 11.6. The summed E-state index contributed by atoms with van der Waals surface area (Å²) < 4.78 is 43.7. The quantitative estimate of drug-likeness (QED) is 0.246. The van der Waals surface area contributed by atoms with Crippen LogP contribution in [0.4, 0.5) is 8.78 Å². The van der Waals surface area contributed by atoms with Crippen molar-refractivity contribution in [3.05, 3.63) is 96.2 Å². The zero-order chi connectivity index (χ0) is 24.0. The molecule has 1 heterocycles. The average molecular weight is 477 g/mol. The minimum atomic E-state index is -2.90. The lowest BCUT2D eigenvalue weighted by Crippen LogP contribution is -2.07. The molecule has 0 atom stereocenters. The number of nitrogens with zero attached hydrogens (tertiary/aromatic N) is 2. The van der Waals surface area contributed by atoms with Crippen LogP contribution in [0.1, 0.15) is 24.0 Å². The number of hydrogen-bond donors (Lipinski definition) is 0. The van der Waals surface area contributed by atoms with Gasteiger partial charge in [-0.3, -0.25) is 4.68 Å². The normalized spacial score (nSPS) is 13.1. The van der Waals surface area contributed by atoms with Crippen LogP contribution in [0.5, 0.6) is 17.2 Å². The molecule has 0 saturated heterocycles. The van der Waals surface area contributed by atoms with Crippen molar-refractivity contribution < 1.29 is 23.0 Å². The van der Waals surface area contributed by atoms with Gasteiger partial charge in [-0.05, 0) is 60.2 Å². The van der Waals surface area contributed by atoms with Crippen LogP contribution in [-0.4, -0.2) is 23.0 Å². The maximum absolute atomic E-state index is 12.8. The molecule has 3 aromatic carbocycles. The molecule has 0 spiro atoms. The van der Waals surface area contributed by atoms with Gasteiger partial charge in [-0.15, -0.1) is 0 Å². The summed E-state index contributed by atoms with van der Waals surface area (Å²) in [5.74, 6) is 1.66. The maximum Gasteiger partial charge on any atom is 0.387 e. The van der Waals surface area contributed by atoms with E-state index in [2.05, 4.69) is 9.84 Å². The van der Waals surface area contributed by atoms with Gasteiger partial charge in [0.1, 0.15) is 12.4 Å². The molecule has 1 saturated carbocycles. The highest BCUT2D eigenvalue weighted by Crippen LogP contribution is 2.34. The molecule has 4 aromatic rings. The number of ether oxygens (including phenoxy) is 3. The fourth-order valence-corrected chi connectivity index (χ4v) is 3.73. The smallest absolute Gasteiger partial charge is 0.387 e. The summed E-state index contributed by atoms with van der Waals surface area (Å²) in [4.78, 5) is 0. The Balaban J connectivity index is 1.26. The first-order valence-electron chi connectivity index (χ1n) is 11.6. The van der Waals surface area contributed by atoms with E-state index in [-0.39, 0.29) is 5.75 Å². The lowest BCUT2D eigenvalue weighted by atomic mass is 10.1. The Bertz CT molecular complexity index is 1260. The van der Waals surface area contributed by atoms with E-state index in [9.17, 15) is 8.78 Å². The Kier molecular flexibility index (Phi) is 6.93. The molecule has 35 heavy (non-hydrogen) atoms. The van der Waals surface area contributed by atoms with Gasteiger partial charge in [0.2, 0.25) is 0 Å². The second kappa shape index (κ2) is 10.6. The first-order chi connectivity index (χ1) is 17.1. The molecule has 0 amide bonds. The topological polar surface area (TPSA) is 45.5 Å². The molecule has 180 valence electrons. The summed E-state index contributed by atoms with van der Waals surface area (Å²) in [6.45, 7) is -1.42. The number of alkyl halides is 2. The molecule has 0 bridgehead atoms. The van der Waals surface area contributed by atoms with E-state index in [0.717, 1.165) is 41.0 Å². The van der Waals surface area contributed by atoms with Gasteiger partial charge in [-0.2, -0.15) is 13.9 Å². The minimum Gasteiger partial charge on any atom is -0.489 e. The molecule has 0 unspecified atom stereocenters. The SMILES string of the molecule is FC(F)Oc1ccc(Cn2ccc(-c3cccc(OCc4ccccc4)c3)n2)cc1OCC1CC1. The Morgan fingerprint density at radius 3 is 2.51 bits per heavy atom. The third-order valence-electron chi connectivity index (χ3n) is 5.76. The molecular formula is C28H26F2N2O3. The molecule has 1 aliphatic rings. The average Bonchev–Trinajstić information content (AvgIpc) is 3.59. The zero-order valence-corrected chi connectivity index (χ0v) is 19.1. The van der Waals surface area contributed by atoms with Gasteiger partial charge in [-0.1, -0.05) is 48.5 Å². The van der Waals surface area contributed by atoms with Gasteiger partial charge in [0.15, 0.2) is 11.5 Å². The van der Waals surface area contributed by atoms with E-state index in [1.54, 1.807) is 16.8 Å². The van der Waals surface area contributed by atoms with Crippen LogP contribution in [0.15, 0.2) is 85.1 Å². The number of rotatable bonds is 11. The predicted octanol–water partition coefficient (Wildman–Crippen LogP) is 6.57. The van der Waals surface area contributed by atoms with Crippen LogP contribution in [0.25, 0.3) is 11.3 Å². The summed E-state index contributed by atoms with van der Waals surface area (Å²) >= 11 is 0. The van der Waals surface area contributed by atoms with Crippen LogP contribution in [0.2, 0.25) is 0 Å². The molecule has 5 nitrogen and oxygen atoms in total. The van der Waals surface area contributed by atoms with E-state index >= 15 is 0 Å². The molecule has 0 N–H and O–H groups in total. The lowest BCUT2D eigenvalue weighted by molar-refractivity contribution is -0.0515. The third kappa shape index (κ3) is 6.38. The van der Waals surface area contributed by atoms with Gasteiger partial charge >= 0.3 is 6.61 Å². The van der Waals surface area contributed by atoms with Crippen LogP contribution in [-0.2, 0) is 13.2 Å². The van der Waals surface area contributed by atoms with E-state index in [1.807, 2.05) is 66.9 Å². The van der Waals surface area contributed by atoms with Crippen LogP contribution >= 0.6 is 0 Å². The van der Waals surface area contributed by atoms with Gasteiger partial charge < -0.3 is 14.2 Å². The summed E-state index contributed by atoms with van der Waals surface area (Å²) in [5.41, 5.74) is 3.75.